The van der Waals surface area contributed by atoms with E-state index in [0.29, 0.717) is 23.1 Å². The van der Waals surface area contributed by atoms with Crippen molar-refractivity contribution in [1.29, 1.82) is 0 Å². The van der Waals surface area contributed by atoms with Gasteiger partial charge in [-0.1, -0.05) is 29.8 Å². The molecule has 0 atom stereocenters. The summed E-state index contributed by atoms with van der Waals surface area (Å²) in [5.74, 6) is 0.528. The number of nitrogens with one attached hydrogen (secondary N) is 2. The van der Waals surface area contributed by atoms with Gasteiger partial charge in [0.1, 0.15) is 5.75 Å². The van der Waals surface area contributed by atoms with Gasteiger partial charge in [-0.2, -0.15) is 13.9 Å². The van der Waals surface area contributed by atoms with Gasteiger partial charge in [0.05, 0.1) is 12.2 Å². The van der Waals surface area contributed by atoms with Crippen LogP contribution >= 0.6 is 23.8 Å². The molecule has 0 spiro atoms. The maximum absolute atomic E-state index is 12.6. The van der Waals surface area contributed by atoms with Crippen molar-refractivity contribution in [2.45, 2.75) is 20.1 Å². The molecular formula is C19H17ClF2N4OS. The van der Waals surface area contributed by atoms with Crippen LogP contribution in [0.25, 0.3) is 0 Å². The molecule has 1 heterocycles. The Kier molecular flexibility index (Phi) is 6.43. The van der Waals surface area contributed by atoms with Gasteiger partial charge in [0.25, 0.3) is 0 Å². The maximum Gasteiger partial charge on any atom is 0.387 e. The van der Waals surface area contributed by atoms with E-state index in [1.807, 2.05) is 31.2 Å². The number of halogens is 3. The van der Waals surface area contributed by atoms with Crippen LogP contribution in [0.5, 0.6) is 5.75 Å². The van der Waals surface area contributed by atoms with Crippen LogP contribution in [0.15, 0.2) is 54.7 Å². The fourth-order valence-electron chi connectivity index (χ4n) is 2.55. The number of anilines is 2. The molecule has 0 unspecified atom stereocenters. The summed E-state index contributed by atoms with van der Waals surface area (Å²) in [6.07, 6.45) is 1.80. The molecule has 0 aliphatic carbocycles. The zero-order chi connectivity index (χ0) is 20.1. The molecule has 146 valence electrons. The monoisotopic (exact) mass is 422 g/mol. The van der Waals surface area contributed by atoms with Crippen LogP contribution in [0.3, 0.4) is 0 Å². The molecule has 0 aliphatic rings. The summed E-state index contributed by atoms with van der Waals surface area (Å²) in [7, 11) is 0. The Hall–Kier alpha value is -2.71. The first-order valence-corrected chi connectivity index (χ1v) is 9.09. The van der Waals surface area contributed by atoms with Gasteiger partial charge in [-0.15, -0.1) is 0 Å². The molecule has 5 nitrogen and oxygen atoms in total. The van der Waals surface area contributed by atoms with Crippen LogP contribution in [0.2, 0.25) is 5.02 Å². The summed E-state index contributed by atoms with van der Waals surface area (Å²) in [6, 6.07) is 14.1. The first kappa shape index (κ1) is 20.0. The number of alkyl halides is 2. The van der Waals surface area contributed by atoms with Crippen molar-refractivity contribution in [3.63, 3.8) is 0 Å². The lowest BCUT2D eigenvalue weighted by Crippen LogP contribution is -2.20. The minimum Gasteiger partial charge on any atom is -0.433 e. The van der Waals surface area contributed by atoms with E-state index in [0.717, 1.165) is 11.1 Å². The number of ether oxygens (including phenoxy) is 1. The molecule has 3 aromatic rings. The minimum absolute atomic E-state index is 0.0104. The molecule has 1 aromatic heterocycles. The number of aromatic nitrogens is 2. The molecule has 0 fully saturated rings. The quantitative estimate of drug-likeness (QED) is 0.528. The van der Waals surface area contributed by atoms with Crippen LogP contribution in [0.4, 0.5) is 20.3 Å². The van der Waals surface area contributed by atoms with E-state index < -0.39 is 6.61 Å². The largest absolute Gasteiger partial charge is 0.433 e. The van der Waals surface area contributed by atoms with E-state index in [1.54, 1.807) is 29.1 Å². The predicted molar refractivity (Wildman–Crippen MR) is 110 cm³/mol. The summed E-state index contributed by atoms with van der Waals surface area (Å²) in [5, 5.41) is 11.0. The number of benzene rings is 2. The Morgan fingerprint density at radius 2 is 2.04 bits per heavy atom. The van der Waals surface area contributed by atoms with Crippen LogP contribution in [-0.2, 0) is 6.54 Å². The SMILES string of the molecule is Cc1ccc(OC(F)F)c(NC(=S)Nc2ccn(Cc3cccc(Cl)c3)n2)c1. The average Bonchev–Trinajstić information content (AvgIpc) is 3.03. The first-order chi connectivity index (χ1) is 13.4. The molecule has 0 saturated carbocycles. The molecule has 2 N–H and O–H groups in total. The normalized spacial score (nSPS) is 10.8. The van der Waals surface area contributed by atoms with Gasteiger partial charge < -0.3 is 15.4 Å². The smallest absolute Gasteiger partial charge is 0.387 e. The second kappa shape index (κ2) is 8.99. The van der Waals surface area contributed by atoms with Crippen molar-refractivity contribution in [3.05, 3.63) is 70.9 Å². The van der Waals surface area contributed by atoms with Crippen molar-refractivity contribution in [3.8, 4) is 5.75 Å². The maximum atomic E-state index is 12.6. The van der Waals surface area contributed by atoms with E-state index in [4.69, 9.17) is 23.8 Å². The Morgan fingerprint density at radius 3 is 2.79 bits per heavy atom. The number of aryl methyl sites for hydroxylation is 1. The molecule has 0 radical (unpaired) electrons. The standard InChI is InChI=1S/C19H17ClF2N4OS/c1-12-5-6-16(27-18(21)22)15(9-12)23-19(28)24-17-7-8-26(25-17)11-13-3-2-4-14(20)10-13/h2-10,18H,11H2,1H3,(H2,23,24,25,28). The summed E-state index contributed by atoms with van der Waals surface area (Å²) < 4.78 is 31.4. The fourth-order valence-corrected chi connectivity index (χ4v) is 2.98. The average molecular weight is 423 g/mol. The molecule has 0 saturated heterocycles. The van der Waals surface area contributed by atoms with E-state index in [-0.39, 0.29) is 10.9 Å². The molecule has 2 aromatic carbocycles. The van der Waals surface area contributed by atoms with E-state index in [2.05, 4.69) is 20.5 Å². The number of thiocarbonyl (C=S) groups is 1. The second-order valence-electron chi connectivity index (χ2n) is 5.99. The zero-order valence-corrected chi connectivity index (χ0v) is 16.4. The van der Waals surface area contributed by atoms with Gasteiger partial charge in [0, 0.05) is 17.3 Å². The van der Waals surface area contributed by atoms with Crippen LogP contribution in [0, 0.1) is 6.92 Å². The number of nitrogens with zero attached hydrogens (tertiary/aromatic N) is 2. The molecule has 28 heavy (non-hydrogen) atoms. The third-order valence-corrected chi connectivity index (χ3v) is 4.15. The molecule has 0 amide bonds. The number of rotatable bonds is 6. The van der Waals surface area contributed by atoms with Crippen LogP contribution in [0.1, 0.15) is 11.1 Å². The second-order valence-corrected chi connectivity index (χ2v) is 6.83. The Labute approximate surface area is 171 Å². The lowest BCUT2D eigenvalue weighted by Gasteiger charge is -2.14. The minimum atomic E-state index is -2.92. The summed E-state index contributed by atoms with van der Waals surface area (Å²) in [4.78, 5) is 0. The third-order valence-electron chi connectivity index (χ3n) is 3.72. The molecule has 3 rings (SSSR count). The van der Waals surface area contributed by atoms with E-state index >= 15 is 0 Å². The highest BCUT2D eigenvalue weighted by Crippen LogP contribution is 2.27. The van der Waals surface area contributed by atoms with Crippen molar-refractivity contribution in [1.82, 2.24) is 9.78 Å². The third kappa shape index (κ3) is 5.64. The highest BCUT2D eigenvalue weighted by atomic mass is 35.5. The highest BCUT2D eigenvalue weighted by Gasteiger charge is 2.12. The fraction of sp³-hybridized carbons (Fsp3) is 0.158. The van der Waals surface area contributed by atoms with Gasteiger partial charge in [-0.3, -0.25) is 4.68 Å². The van der Waals surface area contributed by atoms with Gasteiger partial charge in [0.15, 0.2) is 10.9 Å². The summed E-state index contributed by atoms with van der Waals surface area (Å²) in [5.41, 5.74) is 2.23. The van der Waals surface area contributed by atoms with Crippen molar-refractivity contribution >= 4 is 40.4 Å². The molecule has 0 bridgehead atoms. The number of hydrogen-bond acceptors (Lipinski definition) is 3. The lowest BCUT2D eigenvalue weighted by atomic mass is 10.2. The van der Waals surface area contributed by atoms with Gasteiger partial charge >= 0.3 is 6.61 Å². The predicted octanol–water partition coefficient (Wildman–Crippen LogP) is 5.30. The molecule has 0 aliphatic heterocycles. The van der Waals surface area contributed by atoms with E-state index in [9.17, 15) is 8.78 Å². The molecule has 9 heteroatoms. The summed E-state index contributed by atoms with van der Waals surface area (Å²) in [6.45, 7) is -0.537. The van der Waals surface area contributed by atoms with Gasteiger partial charge in [-0.05, 0) is 54.5 Å². The van der Waals surface area contributed by atoms with Crippen molar-refractivity contribution in [2.75, 3.05) is 10.6 Å². The zero-order valence-electron chi connectivity index (χ0n) is 14.8. The van der Waals surface area contributed by atoms with Crippen LogP contribution in [-0.4, -0.2) is 21.5 Å². The number of hydrogen-bond donors (Lipinski definition) is 2. The Balaban J connectivity index is 1.64. The van der Waals surface area contributed by atoms with Crippen molar-refractivity contribution < 1.29 is 13.5 Å². The van der Waals surface area contributed by atoms with E-state index in [1.165, 1.54) is 6.07 Å². The first-order valence-electron chi connectivity index (χ1n) is 8.30. The topological polar surface area (TPSA) is 51.1 Å². The molecular weight excluding hydrogens is 406 g/mol. The Bertz CT molecular complexity index is 980. The summed E-state index contributed by atoms with van der Waals surface area (Å²) >= 11 is 11.3. The van der Waals surface area contributed by atoms with Gasteiger partial charge in [-0.25, -0.2) is 0 Å². The van der Waals surface area contributed by atoms with Crippen molar-refractivity contribution in [2.24, 2.45) is 0 Å². The van der Waals surface area contributed by atoms with Gasteiger partial charge in [0.2, 0.25) is 0 Å². The lowest BCUT2D eigenvalue weighted by molar-refractivity contribution is -0.0493. The van der Waals surface area contributed by atoms with Crippen LogP contribution < -0.4 is 15.4 Å². The highest BCUT2D eigenvalue weighted by molar-refractivity contribution is 7.80. The Morgan fingerprint density at radius 1 is 1.21 bits per heavy atom.